The molecular weight excluding hydrogens is 332 g/mol. The average molecular weight is 356 g/mol. The fourth-order valence-electron chi connectivity index (χ4n) is 4.69. The molecule has 0 N–H and O–H groups in total. The van der Waals surface area contributed by atoms with E-state index in [0.717, 1.165) is 35.0 Å². The topological polar surface area (TPSA) is 23.6 Å². The highest BCUT2D eigenvalue weighted by Gasteiger charge is 2.44. The molecule has 3 aromatic rings. The number of unbranched alkanes of at least 4 members (excludes halogenated alkanes) is 3. The Balaban J connectivity index is 1.66. The third kappa shape index (κ3) is 2.38. The van der Waals surface area contributed by atoms with Crippen LogP contribution in [0, 0.1) is 0 Å². The fourth-order valence-corrected chi connectivity index (χ4v) is 4.69. The molecule has 5 rings (SSSR count). The van der Waals surface area contributed by atoms with Gasteiger partial charge in [-0.15, -0.1) is 0 Å². The smallest absolute Gasteiger partial charge is 0.260 e. The van der Waals surface area contributed by atoms with Crippen molar-refractivity contribution < 1.29 is 4.79 Å². The Kier molecular flexibility index (Phi) is 3.89. The van der Waals surface area contributed by atoms with Crippen LogP contribution in [-0.4, -0.2) is 12.5 Å². The van der Waals surface area contributed by atoms with Gasteiger partial charge in [-0.1, -0.05) is 68.7 Å². The number of hydrogen-bond acceptors (Lipinski definition) is 2. The normalized spacial score (nSPS) is 17.4. The molecule has 0 aliphatic carbocycles. The minimum atomic E-state index is -0.0323. The van der Waals surface area contributed by atoms with E-state index in [4.69, 9.17) is 0 Å². The number of nitrogens with zero attached hydrogens (tertiary/aromatic N) is 2. The number of amides is 1. The van der Waals surface area contributed by atoms with E-state index in [-0.39, 0.29) is 12.1 Å². The molecule has 0 saturated heterocycles. The van der Waals surface area contributed by atoms with Gasteiger partial charge in [0, 0.05) is 23.1 Å². The second-order valence-electron chi connectivity index (χ2n) is 7.54. The number of rotatable bonds is 5. The largest absolute Gasteiger partial charge is 0.345 e. The maximum Gasteiger partial charge on any atom is 0.260 e. The van der Waals surface area contributed by atoms with Gasteiger partial charge < -0.3 is 4.90 Å². The lowest BCUT2D eigenvalue weighted by Crippen LogP contribution is -2.42. The van der Waals surface area contributed by atoms with Crippen LogP contribution in [0.3, 0.4) is 0 Å². The molecule has 0 saturated carbocycles. The Morgan fingerprint density at radius 1 is 0.852 bits per heavy atom. The first kappa shape index (κ1) is 16.4. The van der Waals surface area contributed by atoms with Crippen LogP contribution >= 0.6 is 0 Å². The van der Waals surface area contributed by atoms with Crippen LogP contribution in [0.25, 0.3) is 10.8 Å². The highest BCUT2D eigenvalue weighted by Crippen LogP contribution is 2.51. The molecule has 0 radical (unpaired) electrons. The summed E-state index contributed by atoms with van der Waals surface area (Å²) in [6, 6.07) is 20.8. The summed E-state index contributed by atoms with van der Waals surface area (Å²) < 4.78 is 0. The van der Waals surface area contributed by atoms with E-state index >= 15 is 0 Å². The van der Waals surface area contributed by atoms with E-state index < -0.39 is 0 Å². The standard InChI is InChI=1S/C24H24N2O/c1-2-3-4-7-16-25-20-14-5-6-15-21(20)26-23(25)18-12-8-10-17-11-9-13-19(22(17)18)24(26)27/h5-6,8-15,23H,2-4,7,16H2,1H3. The van der Waals surface area contributed by atoms with E-state index in [9.17, 15) is 4.79 Å². The molecule has 2 aliphatic heterocycles. The Morgan fingerprint density at radius 2 is 1.63 bits per heavy atom. The quantitative estimate of drug-likeness (QED) is 0.531. The minimum absolute atomic E-state index is 0.0323. The van der Waals surface area contributed by atoms with E-state index in [1.807, 2.05) is 23.1 Å². The maximum atomic E-state index is 13.5. The van der Waals surface area contributed by atoms with Gasteiger partial charge in [0.05, 0.1) is 11.4 Å². The summed E-state index contributed by atoms with van der Waals surface area (Å²) in [5, 5.41) is 2.28. The summed E-state index contributed by atoms with van der Waals surface area (Å²) in [6.45, 7) is 3.22. The van der Waals surface area contributed by atoms with Crippen LogP contribution in [0.2, 0.25) is 0 Å². The third-order valence-electron chi connectivity index (χ3n) is 5.91. The summed E-state index contributed by atoms with van der Waals surface area (Å²) in [4.78, 5) is 17.9. The van der Waals surface area contributed by atoms with Crippen molar-refractivity contribution in [3.05, 3.63) is 71.8 Å². The maximum absolute atomic E-state index is 13.5. The van der Waals surface area contributed by atoms with E-state index in [1.165, 1.54) is 30.5 Å². The molecule has 2 aliphatic rings. The SMILES string of the molecule is CCCCCCN1c2ccccc2N2C(=O)c3cccc4cccc(c34)C12. The summed E-state index contributed by atoms with van der Waals surface area (Å²) in [7, 11) is 0. The minimum Gasteiger partial charge on any atom is -0.345 e. The Bertz CT molecular complexity index is 1020. The predicted molar refractivity (Wildman–Crippen MR) is 111 cm³/mol. The van der Waals surface area contributed by atoms with Crippen molar-refractivity contribution in [2.75, 3.05) is 16.3 Å². The van der Waals surface area contributed by atoms with Gasteiger partial charge in [-0.3, -0.25) is 9.69 Å². The van der Waals surface area contributed by atoms with Crippen molar-refractivity contribution in [1.82, 2.24) is 0 Å². The number of anilines is 2. The van der Waals surface area contributed by atoms with Gasteiger partial charge in [-0.05, 0) is 30.0 Å². The van der Waals surface area contributed by atoms with Crippen molar-refractivity contribution in [3.63, 3.8) is 0 Å². The summed E-state index contributed by atoms with van der Waals surface area (Å²) in [5.74, 6) is 0.118. The van der Waals surface area contributed by atoms with Crippen LogP contribution in [0.1, 0.15) is 54.7 Å². The van der Waals surface area contributed by atoms with E-state index in [0.29, 0.717) is 0 Å². The molecule has 0 fully saturated rings. The molecule has 0 aromatic heterocycles. The summed E-state index contributed by atoms with van der Waals surface area (Å²) >= 11 is 0. The van der Waals surface area contributed by atoms with Crippen molar-refractivity contribution >= 4 is 28.1 Å². The molecule has 2 heterocycles. The predicted octanol–water partition coefficient (Wildman–Crippen LogP) is 5.90. The summed E-state index contributed by atoms with van der Waals surface area (Å²) in [6.07, 6.45) is 4.85. The van der Waals surface area contributed by atoms with E-state index in [2.05, 4.69) is 54.3 Å². The van der Waals surface area contributed by atoms with Gasteiger partial charge in [0.25, 0.3) is 5.91 Å². The fraction of sp³-hybridized carbons (Fsp3) is 0.292. The Labute approximate surface area is 160 Å². The van der Waals surface area contributed by atoms with Crippen LogP contribution in [0.5, 0.6) is 0 Å². The zero-order valence-electron chi connectivity index (χ0n) is 15.7. The monoisotopic (exact) mass is 356 g/mol. The van der Waals surface area contributed by atoms with Gasteiger partial charge in [-0.2, -0.15) is 0 Å². The number of hydrogen-bond donors (Lipinski definition) is 0. The molecule has 3 nitrogen and oxygen atoms in total. The zero-order chi connectivity index (χ0) is 18.4. The number of para-hydroxylation sites is 2. The molecule has 0 spiro atoms. The first-order valence-corrected chi connectivity index (χ1v) is 10.0. The molecule has 3 aromatic carbocycles. The molecule has 0 bridgehead atoms. The van der Waals surface area contributed by atoms with Gasteiger partial charge >= 0.3 is 0 Å². The van der Waals surface area contributed by atoms with Gasteiger partial charge in [0.15, 0.2) is 0 Å². The summed E-state index contributed by atoms with van der Waals surface area (Å²) in [5.41, 5.74) is 4.28. The van der Waals surface area contributed by atoms with Gasteiger partial charge in [-0.25, -0.2) is 0 Å². The second-order valence-corrected chi connectivity index (χ2v) is 7.54. The van der Waals surface area contributed by atoms with Crippen LogP contribution in [-0.2, 0) is 0 Å². The van der Waals surface area contributed by atoms with Crippen molar-refractivity contribution in [1.29, 1.82) is 0 Å². The highest BCUT2D eigenvalue weighted by atomic mass is 16.2. The highest BCUT2D eigenvalue weighted by molar-refractivity contribution is 6.20. The number of fused-ring (bicyclic) bond motifs is 4. The molecule has 1 unspecified atom stereocenters. The molecule has 1 amide bonds. The molecule has 27 heavy (non-hydrogen) atoms. The van der Waals surface area contributed by atoms with Crippen molar-refractivity contribution in [2.24, 2.45) is 0 Å². The first-order chi connectivity index (χ1) is 13.3. The van der Waals surface area contributed by atoms with Crippen molar-refractivity contribution in [3.8, 4) is 0 Å². The average Bonchev–Trinajstić information content (AvgIpc) is 3.04. The lowest BCUT2D eigenvalue weighted by atomic mass is 9.92. The number of carbonyl (C=O) groups excluding carboxylic acids is 1. The second kappa shape index (κ2) is 6.41. The molecule has 3 heteroatoms. The lowest BCUT2D eigenvalue weighted by molar-refractivity contribution is 0.0977. The van der Waals surface area contributed by atoms with Crippen LogP contribution in [0.4, 0.5) is 11.4 Å². The third-order valence-corrected chi connectivity index (χ3v) is 5.91. The molecule has 136 valence electrons. The van der Waals surface area contributed by atoms with E-state index in [1.54, 1.807) is 0 Å². The Hall–Kier alpha value is -2.81. The zero-order valence-corrected chi connectivity index (χ0v) is 15.7. The molecule has 1 atom stereocenters. The Morgan fingerprint density at radius 3 is 2.44 bits per heavy atom. The molecular formula is C24H24N2O. The van der Waals surface area contributed by atoms with Gasteiger partial charge in [0.1, 0.15) is 6.17 Å². The first-order valence-electron chi connectivity index (χ1n) is 10.0. The number of carbonyl (C=O) groups is 1. The van der Waals surface area contributed by atoms with Crippen LogP contribution in [0.15, 0.2) is 60.7 Å². The van der Waals surface area contributed by atoms with Gasteiger partial charge in [0.2, 0.25) is 0 Å². The van der Waals surface area contributed by atoms with Crippen molar-refractivity contribution in [2.45, 2.75) is 38.8 Å². The van der Waals surface area contributed by atoms with Crippen LogP contribution < -0.4 is 9.80 Å². The number of benzene rings is 3. The lowest BCUT2D eigenvalue weighted by Gasteiger charge is -2.36.